The van der Waals surface area contributed by atoms with Crippen LogP contribution in [0.2, 0.25) is 10.4 Å². The van der Waals surface area contributed by atoms with E-state index in [1.54, 1.807) is 0 Å². The summed E-state index contributed by atoms with van der Waals surface area (Å²) < 4.78 is 1.06. The van der Waals surface area contributed by atoms with Crippen molar-refractivity contribution in [3.05, 3.63) is 44.2 Å². The van der Waals surface area contributed by atoms with Gasteiger partial charge in [0, 0.05) is 22.0 Å². The van der Waals surface area contributed by atoms with Crippen molar-refractivity contribution >= 4 is 39.1 Å². The van der Waals surface area contributed by atoms with Crippen LogP contribution in [0.3, 0.4) is 0 Å². The summed E-state index contributed by atoms with van der Waals surface area (Å²) in [5, 5.41) is 0.634. The van der Waals surface area contributed by atoms with Crippen molar-refractivity contribution in [2.45, 2.75) is 6.42 Å². The van der Waals surface area contributed by atoms with Crippen molar-refractivity contribution in [2.75, 3.05) is 0 Å². The van der Waals surface area contributed by atoms with Crippen molar-refractivity contribution in [3.8, 4) is 11.3 Å². The molecule has 2 aromatic rings. The fraction of sp³-hybridized carbons (Fsp3) is 0.0909. The normalized spacial score (nSPS) is 12.4. The van der Waals surface area contributed by atoms with E-state index in [4.69, 9.17) is 23.2 Å². The molecular formula is C11H5BrCl2N2. The first-order valence-corrected chi connectivity index (χ1v) is 6.21. The molecule has 2 nitrogen and oxygen atoms in total. The van der Waals surface area contributed by atoms with Gasteiger partial charge in [-0.3, -0.25) is 0 Å². The van der Waals surface area contributed by atoms with Crippen LogP contribution in [0.15, 0.2) is 22.7 Å². The summed E-state index contributed by atoms with van der Waals surface area (Å²) in [6, 6.07) is 6.00. The van der Waals surface area contributed by atoms with E-state index in [0.29, 0.717) is 5.15 Å². The fourth-order valence-corrected chi connectivity index (χ4v) is 2.90. The molecule has 0 amide bonds. The number of aromatic nitrogens is 2. The maximum absolute atomic E-state index is 6.07. The van der Waals surface area contributed by atoms with Crippen LogP contribution in [0.25, 0.3) is 11.3 Å². The first-order chi connectivity index (χ1) is 7.66. The third-order valence-electron chi connectivity index (χ3n) is 2.66. The molecule has 5 heteroatoms. The zero-order valence-corrected chi connectivity index (χ0v) is 11.1. The molecule has 0 bridgehead atoms. The molecule has 0 atom stereocenters. The van der Waals surface area contributed by atoms with Gasteiger partial charge < -0.3 is 0 Å². The van der Waals surface area contributed by atoms with Gasteiger partial charge in [-0.25, -0.2) is 9.97 Å². The molecule has 0 saturated heterocycles. The summed E-state index contributed by atoms with van der Waals surface area (Å²) in [5.74, 6) is 0. The minimum atomic E-state index is 0.191. The average Bonchev–Trinajstić information content (AvgIpc) is 2.59. The molecule has 1 aliphatic rings. The van der Waals surface area contributed by atoms with Crippen LogP contribution in [0.1, 0.15) is 11.1 Å². The molecule has 16 heavy (non-hydrogen) atoms. The molecule has 0 saturated carbocycles. The molecule has 1 aromatic carbocycles. The van der Waals surface area contributed by atoms with E-state index in [0.717, 1.165) is 27.7 Å². The highest BCUT2D eigenvalue weighted by Crippen LogP contribution is 2.41. The zero-order chi connectivity index (χ0) is 11.3. The molecule has 1 heterocycles. The van der Waals surface area contributed by atoms with E-state index in [9.17, 15) is 0 Å². The largest absolute Gasteiger partial charge is 0.224 e. The Balaban J connectivity index is 2.33. The molecule has 1 aromatic heterocycles. The van der Waals surface area contributed by atoms with Gasteiger partial charge in [0.15, 0.2) is 0 Å². The Morgan fingerprint density at radius 1 is 1.12 bits per heavy atom. The summed E-state index contributed by atoms with van der Waals surface area (Å²) in [7, 11) is 0. The monoisotopic (exact) mass is 314 g/mol. The highest BCUT2D eigenvalue weighted by atomic mass is 79.9. The molecule has 0 N–H and O–H groups in total. The number of nitrogens with zero attached hydrogens (tertiary/aromatic N) is 2. The number of hydrogen-bond acceptors (Lipinski definition) is 2. The number of hydrogen-bond donors (Lipinski definition) is 0. The Labute approximate surface area is 111 Å². The minimum absolute atomic E-state index is 0.191. The van der Waals surface area contributed by atoms with Gasteiger partial charge in [-0.2, -0.15) is 0 Å². The lowest BCUT2D eigenvalue weighted by Gasteiger charge is -2.01. The molecule has 0 spiro atoms. The lowest BCUT2D eigenvalue weighted by Crippen LogP contribution is -1.91. The first-order valence-electron chi connectivity index (χ1n) is 4.66. The van der Waals surface area contributed by atoms with E-state index in [1.807, 2.05) is 18.2 Å². The van der Waals surface area contributed by atoms with Crippen LogP contribution >= 0.6 is 39.1 Å². The predicted octanol–water partition coefficient (Wildman–Crippen LogP) is 4.12. The van der Waals surface area contributed by atoms with Gasteiger partial charge in [0.25, 0.3) is 0 Å². The quantitative estimate of drug-likeness (QED) is 0.461. The van der Waals surface area contributed by atoms with Crippen LogP contribution in [0, 0.1) is 0 Å². The topological polar surface area (TPSA) is 25.8 Å². The lowest BCUT2D eigenvalue weighted by atomic mass is 10.1. The molecule has 0 unspecified atom stereocenters. The fourth-order valence-electron chi connectivity index (χ4n) is 1.95. The van der Waals surface area contributed by atoms with Crippen molar-refractivity contribution in [3.63, 3.8) is 0 Å². The number of benzene rings is 1. The van der Waals surface area contributed by atoms with Crippen molar-refractivity contribution in [2.24, 2.45) is 0 Å². The zero-order valence-electron chi connectivity index (χ0n) is 7.97. The third kappa shape index (κ3) is 1.46. The summed E-state index contributed by atoms with van der Waals surface area (Å²) >= 11 is 15.4. The second-order valence-electron chi connectivity index (χ2n) is 3.55. The maximum Gasteiger partial charge on any atom is 0.224 e. The highest BCUT2D eigenvalue weighted by Gasteiger charge is 2.25. The second-order valence-corrected chi connectivity index (χ2v) is 5.10. The van der Waals surface area contributed by atoms with Gasteiger partial charge >= 0.3 is 0 Å². The summed E-state index contributed by atoms with van der Waals surface area (Å²) in [6.07, 6.45) is 0.752. The van der Waals surface area contributed by atoms with E-state index in [2.05, 4.69) is 25.9 Å². The van der Waals surface area contributed by atoms with Crippen LogP contribution in [0.5, 0.6) is 0 Å². The van der Waals surface area contributed by atoms with E-state index in [-0.39, 0.29) is 5.28 Å². The average molecular weight is 316 g/mol. The summed E-state index contributed by atoms with van der Waals surface area (Å²) in [4.78, 5) is 8.21. The van der Waals surface area contributed by atoms with Crippen LogP contribution in [-0.4, -0.2) is 9.97 Å². The minimum Gasteiger partial charge on any atom is -0.217 e. The van der Waals surface area contributed by atoms with Gasteiger partial charge in [0.2, 0.25) is 5.28 Å². The van der Waals surface area contributed by atoms with Gasteiger partial charge in [-0.15, -0.1) is 0 Å². The second kappa shape index (κ2) is 3.69. The maximum atomic E-state index is 6.07. The van der Waals surface area contributed by atoms with Crippen molar-refractivity contribution < 1.29 is 0 Å². The third-order valence-corrected chi connectivity index (χ3v) is 3.88. The van der Waals surface area contributed by atoms with E-state index >= 15 is 0 Å². The van der Waals surface area contributed by atoms with Crippen LogP contribution in [0.4, 0.5) is 0 Å². The Hall–Kier alpha value is -0.640. The molecule has 0 aliphatic heterocycles. The van der Waals surface area contributed by atoms with Crippen LogP contribution in [-0.2, 0) is 6.42 Å². The van der Waals surface area contributed by atoms with E-state index < -0.39 is 0 Å². The molecule has 80 valence electrons. The standard InChI is InChI=1S/C11H5BrCl2N2/c12-8-3-1-2-5-6(8)4-7-9(5)15-11(14)16-10(7)13/h1-3H,4H2. The Bertz CT molecular complexity index is 599. The summed E-state index contributed by atoms with van der Waals surface area (Å²) in [5.41, 5.74) is 4.07. The smallest absolute Gasteiger partial charge is 0.217 e. The molecule has 0 radical (unpaired) electrons. The SMILES string of the molecule is Clc1nc(Cl)c2c(n1)-c1cccc(Br)c1C2. The lowest BCUT2D eigenvalue weighted by molar-refractivity contribution is 1.12. The molecule has 0 fully saturated rings. The first kappa shape index (κ1) is 10.5. The van der Waals surface area contributed by atoms with Gasteiger partial charge in [-0.05, 0) is 23.2 Å². The predicted molar refractivity (Wildman–Crippen MR) is 68.0 cm³/mol. The highest BCUT2D eigenvalue weighted by molar-refractivity contribution is 9.10. The Morgan fingerprint density at radius 3 is 2.75 bits per heavy atom. The number of fused-ring (bicyclic) bond motifs is 3. The van der Waals surface area contributed by atoms with Crippen molar-refractivity contribution in [1.82, 2.24) is 9.97 Å². The van der Waals surface area contributed by atoms with Gasteiger partial charge in [0.05, 0.1) is 5.69 Å². The number of rotatable bonds is 0. The molecule has 1 aliphatic carbocycles. The van der Waals surface area contributed by atoms with Gasteiger partial charge in [0.1, 0.15) is 5.15 Å². The Kier molecular flexibility index (Phi) is 2.42. The van der Waals surface area contributed by atoms with Gasteiger partial charge in [-0.1, -0.05) is 39.7 Å². The van der Waals surface area contributed by atoms with Crippen LogP contribution < -0.4 is 0 Å². The molecular weight excluding hydrogens is 311 g/mol. The number of halogens is 3. The summed E-state index contributed by atoms with van der Waals surface area (Å²) in [6.45, 7) is 0. The van der Waals surface area contributed by atoms with E-state index in [1.165, 1.54) is 5.56 Å². The molecule has 3 rings (SSSR count). The van der Waals surface area contributed by atoms with Crippen molar-refractivity contribution in [1.29, 1.82) is 0 Å². The Morgan fingerprint density at radius 2 is 1.94 bits per heavy atom.